The largest absolute Gasteiger partial charge is 0.508 e. The van der Waals surface area contributed by atoms with Gasteiger partial charge in [0.2, 0.25) is 0 Å². The molecule has 22 heavy (non-hydrogen) atoms. The number of aromatic hydroxyl groups is 1. The molecule has 6 heteroatoms. The summed E-state index contributed by atoms with van der Waals surface area (Å²) < 4.78 is 1.76. The van der Waals surface area contributed by atoms with Gasteiger partial charge in [0.25, 0.3) is 5.91 Å². The van der Waals surface area contributed by atoms with Crippen molar-refractivity contribution < 1.29 is 9.90 Å². The summed E-state index contributed by atoms with van der Waals surface area (Å²) in [5.74, 6) is -0.0975. The molecule has 0 saturated heterocycles. The van der Waals surface area contributed by atoms with Crippen LogP contribution in [-0.2, 0) is 11.3 Å². The van der Waals surface area contributed by atoms with Gasteiger partial charge < -0.3 is 9.67 Å². The molecule has 3 aromatic rings. The zero-order chi connectivity index (χ0) is 15.4. The Bertz CT molecular complexity index is 839. The van der Waals surface area contributed by atoms with Crippen LogP contribution in [0.15, 0.2) is 60.0 Å². The Balaban J connectivity index is 1.63. The van der Waals surface area contributed by atoms with Crippen LogP contribution in [0.1, 0.15) is 5.56 Å². The average molecular weight is 294 g/mol. The van der Waals surface area contributed by atoms with Crippen molar-refractivity contribution in [1.29, 1.82) is 0 Å². The van der Waals surface area contributed by atoms with Gasteiger partial charge in [0.1, 0.15) is 12.3 Å². The first-order valence-corrected chi connectivity index (χ1v) is 6.73. The first kappa shape index (κ1) is 13.8. The minimum atomic E-state index is -0.250. The molecule has 1 heterocycles. The van der Waals surface area contributed by atoms with Crippen LogP contribution in [0.25, 0.3) is 11.0 Å². The molecule has 1 aromatic heterocycles. The molecule has 0 unspecified atom stereocenters. The van der Waals surface area contributed by atoms with Gasteiger partial charge in [0.05, 0.1) is 23.6 Å². The number of hydrogen-bond donors (Lipinski definition) is 2. The van der Waals surface area contributed by atoms with Gasteiger partial charge in [0, 0.05) is 0 Å². The Labute approximate surface area is 126 Å². The Hall–Kier alpha value is -3.15. The summed E-state index contributed by atoms with van der Waals surface area (Å²) in [5, 5.41) is 13.2. The predicted octanol–water partition coefficient (Wildman–Crippen LogP) is 1.89. The monoisotopic (exact) mass is 294 g/mol. The van der Waals surface area contributed by atoms with E-state index in [4.69, 9.17) is 0 Å². The lowest BCUT2D eigenvalue weighted by atomic mass is 10.2. The molecule has 110 valence electrons. The van der Waals surface area contributed by atoms with E-state index in [0.717, 1.165) is 11.0 Å². The number of phenols is 1. The number of rotatable bonds is 4. The van der Waals surface area contributed by atoms with E-state index in [1.807, 2.05) is 24.3 Å². The van der Waals surface area contributed by atoms with Crippen LogP contribution in [0.5, 0.6) is 5.75 Å². The van der Waals surface area contributed by atoms with Crippen LogP contribution in [0.2, 0.25) is 0 Å². The molecule has 0 saturated carbocycles. The van der Waals surface area contributed by atoms with Crippen LogP contribution < -0.4 is 5.43 Å². The van der Waals surface area contributed by atoms with Crippen molar-refractivity contribution in [1.82, 2.24) is 15.0 Å². The van der Waals surface area contributed by atoms with E-state index in [1.165, 1.54) is 6.21 Å². The number of imidazole rings is 1. The molecule has 0 aliphatic heterocycles. The number of para-hydroxylation sites is 2. The predicted molar refractivity (Wildman–Crippen MR) is 83.6 cm³/mol. The molecule has 0 fully saturated rings. The van der Waals surface area contributed by atoms with Gasteiger partial charge >= 0.3 is 0 Å². The van der Waals surface area contributed by atoms with Crippen LogP contribution in [0.4, 0.5) is 0 Å². The molecular weight excluding hydrogens is 280 g/mol. The second kappa shape index (κ2) is 6.09. The molecular formula is C16H14N4O2. The second-order valence-electron chi connectivity index (χ2n) is 4.75. The third-order valence-corrected chi connectivity index (χ3v) is 3.11. The summed E-state index contributed by atoms with van der Waals surface area (Å²) in [5.41, 5.74) is 4.90. The summed E-state index contributed by atoms with van der Waals surface area (Å²) in [4.78, 5) is 16.1. The van der Waals surface area contributed by atoms with Gasteiger partial charge in [-0.1, -0.05) is 24.3 Å². The summed E-state index contributed by atoms with van der Waals surface area (Å²) in [6.07, 6.45) is 3.10. The number of carbonyl (C=O) groups is 1. The van der Waals surface area contributed by atoms with Crippen LogP contribution >= 0.6 is 0 Å². The van der Waals surface area contributed by atoms with E-state index in [2.05, 4.69) is 15.5 Å². The van der Waals surface area contributed by atoms with Crippen LogP contribution in [0.3, 0.4) is 0 Å². The Morgan fingerprint density at radius 1 is 1.27 bits per heavy atom. The highest BCUT2D eigenvalue weighted by Gasteiger charge is 2.05. The van der Waals surface area contributed by atoms with Gasteiger partial charge in [-0.3, -0.25) is 4.79 Å². The molecule has 1 amide bonds. The van der Waals surface area contributed by atoms with Gasteiger partial charge in [-0.25, -0.2) is 10.4 Å². The highest BCUT2D eigenvalue weighted by atomic mass is 16.3. The molecule has 0 spiro atoms. The minimum absolute atomic E-state index is 0.137. The van der Waals surface area contributed by atoms with Crippen molar-refractivity contribution in [2.24, 2.45) is 5.10 Å². The van der Waals surface area contributed by atoms with E-state index in [1.54, 1.807) is 35.2 Å². The third kappa shape index (κ3) is 3.12. The lowest BCUT2D eigenvalue weighted by Crippen LogP contribution is -2.22. The number of nitrogens with one attached hydrogen (secondary N) is 1. The Morgan fingerprint density at radius 3 is 3.00 bits per heavy atom. The lowest BCUT2D eigenvalue weighted by molar-refractivity contribution is -0.121. The maximum Gasteiger partial charge on any atom is 0.260 e. The topological polar surface area (TPSA) is 79.5 Å². The van der Waals surface area contributed by atoms with Gasteiger partial charge in [-0.15, -0.1) is 0 Å². The maximum absolute atomic E-state index is 11.9. The number of fused-ring (bicyclic) bond motifs is 1. The van der Waals surface area contributed by atoms with Crippen molar-refractivity contribution in [2.75, 3.05) is 0 Å². The molecule has 0 atom stereocenters. The first-order valence-electron chi connectivity index (χ1n) is 6.73. The zero-order valence-electron chi connectivity index (χ0n) is 11.7. The smallest absolute Gasteiger partial charge is 0.260 e. The number of hydrazone groups is 1. The summed E-state index contributed by atoms with van der Waals surface area (Å²) in [7, 11) is 0. The van der Waals surface area contributed by atoms with E-state index in [9.17, 15) is 9.90 Å². The van der Waals surface area contributed by atoms with E-state index >= 15 is 0 Å². The summed E-state index contributed by atoms with van der Waals surface area (Å²) in [6.45, 7) is 0.137. The summed E-state index contributed by atoms with van der Waals surface area (Å²) >= 11 is 0. The van der Waals surface area contributed by atoms with E-state index < -0.39 is 0 Å². The molecule has 0 bridgehead atoms. The van der Waals surface area contributed by atoms with Crippen LogP contribution in [0, 0.1) is 0 Å². The van der Waals surface area contributed by atoms with Crippen molar-refractivity contribution in [3.8, 4) is 5.75 Å². The summed E-state index contributed by atoms with van der Waals surface area (Å²) in [6, 6.07) is 14.2. The van der Waals surface area contributed by atoms with E-state index in [-0.39, 0.29) is 18.2 Å². The normalized spacial score (nSPS) is 11.1. The second-order valence-corrected chi connectivity index (χ2v) is 4.75. The number of benzene rings is 2. The fraction of sp³-hybridized carbons (Fsp3) is 0.0625. The SMILES string of the molecule is O=C(Cn1cnc2ccccc21)N/N=C/c1cccc(O)c1. The first-order chi connectivity index (χ1) is 10.7. The standard InChI is InChI=1S/C16H14N4O2/c21-13-5-3-4-12(8-13)9-18-19-16(22)10-20-11-17-14-6-1-2-7-15(14)20/h1-9,11,21H,10H2,(H,19,22)/b18-9+. The molecule has 0 radical (unpaired) electrons. The fourth-order valence-electron chi connectivity index (χ4n) is 2.11. The molecule has 0 aliphatic rings. The average Bonchev–Trinajstić information content (AvgIpc) is 2.91. The zero-order valence-corrected chi connectivity index (χ0v) is 11.7. The highest BCUT2D eigenvalue weighted by Crippen LogP contribution is 2.11. The third-order valence-electron chi connectivity index (χ3n) is 3.11. The number of hydrogen-bond acceptors (Lipinski definition) is 4. The Morgan fingerprint density at radius 2 is 2.14 bits per heavy atom. The number of phenolic OH excluding ortho intramolecular Hbond substituents is 1. The lowest BCUT2D eigenvalue weighted by Gasteiger charge is -2.02. The maximum atomic E-state index is 11.9. The fourth-order valence-corrected chi connectivity index (χ4v) is 2.11. The minimum Gasteiger partial charge on any atom is -0.508 e. The van der Waals surface area contributed by atoms with Crippen molar-refractivity contribution in [2.45, 2.75) is 6.54 Å². The molecule has 2 N–H and O–H groups in total. The molecule has 6 nitrogen and oxygen atoms in total. The number of amides is 1. The Kier molecular flexibility index (Phi) is 3.82. The van der Waals surface area contributed by atoms with Crippen LogP contribution in [-0.4, -0.2) is 26.8 Å². The van der Waals surface area contributed by atoms with E-state index in [0.29, 0.717) is 5.56 Å². The quantitative estimate of drug-likeness (QED) is 0.569. The molecule has 0 aliphatic carbocycles. The van der Waals surface area contributed by atoms with Crippen molar-refractivity contribution >= 4 is 23.2 Å². The highest BCUT2D eigenvalue weighted by molar-refractivity contribution is 5.83. The van der Waals surface area contributed by atoms with Crippen molar-refractivity contribution in [3.05, 3.63) is 60.4 Å². The van der Waals surface area contributed by atoms with Gasteiger partial charge in [-0.05, 0) is 29.8 Å². The number of nitrogens with zero attached hydrogens (tertiary/aromatic N) is 3. The van der Waals surface area contributed by atoms with Gasteiger partial charge in [-0.2, -0.15) is 5.10 Å². The molecule has 2 aromatic carbocycles. The molecule has 3 rings (SSSR count). The van der Waals surface area contributed by atoms with Crippen molar-refractivity contribution in [3.63, 3.8) is 0 Å². The number of carbonyl (C=O) groups excluding carboxylic acids is 1. The van der Waals surface area contributed by atoms with Gasteiger partial charge in [0.15, 0.2) is 0 Å². The number of aromatic nitrogens is 2.